The summed E-state index contributed by atoms with van der Waals surface area (Å²) < 4.78 is 54.8. The molecule has 0 atom stereocenters. The van der Waals surface area contributed by atoms with Crippen molar-refractivity contribution in [1.82, 2.24) is 9.29 Å². The zero-order chi connectivity index (χ0) is 19.9. The minimum atomic E-state index is -3.38. The first-order valence-electron chi connectivity index (χ1n) is 8.69. The predicted molar refractivity (Wildman–Crippen MR) is 107 cm³/mol. The van der Waals surface area contributed by atoms with E-state index in [-0.39, 0.29) is 12.4 Å². The molecule has 4 aromatic rings. The lowest BCUT2D eigenvalue weighted by atomic mass is 10.0. The van der Waals surface area contributed by atoms with Gasteiger partial charge in [0.15, 0.2) is 0 Å². The Morgan fingerprint density at radius 2 is 1.64 bits per heavy atom. The molecule has 0 spiro atoms. The summed E-state index contributed by atoms with van der Waals surface area (Å²) in [5.41, 5.74) is 2.37. The monoisotopic (exact) mass is 400 g/mol. The molecule has 0 unspecified atom stereocenters. The maximum absolute atomic E-state index is 13.8. The SMILES string of the molecule is CS(=O)(=O)NCc1cn(Cc2cccc3ccc(F)cc23)c2ccc(F)cc12. The second-order valence-electron chi connectivity index (χ2n) is 6.82. The Morgan fingerprint density at radius 3 is 2.39 bits per heavy atom. The van der Waals surface area contributed by atoms with Crippen LogP contribution in [0.4, 0.5) is 8.78 Å². The van der Waals surface area contributed by atoms with Gasteiger partial charge >= 0.3 is 0 Å². The van der Waals surface area contributed by atoms with E-state index in [1.54, 1.807) is 18.3 Å². The molecular weight excluding hydrogens is 382 g/mol. The third kappa shape index (κ3) is 3.76. The Hall–Kier alpha value is -2.77. The fourth-order valence-corrected chi connectivity index (χ4v) is 3.87. The summed E-state index contributed by atoms with van der Waals surface area (Å²) in [5.74, 6) is -0.699. The Bertz CT molecular complexity index is 1300. The Kier molecular flexibility index (Phi) is 4.64. The van der Waals surface area contributed by atoms with E-state index in [0.29, 0.717) is 17.5 Å². The number of nitrogens with one attached hydrogen (secondary N) is 1. The van der Waals surface area contributed by atoms with Crippen molar-refractivity contribution < 1.29 is 17.2 Å². The second kappa shape index (κ2) is 7.00. The average molecular weight is 400 g/mol. The zero-order valence-corrected chi connectivity index (χ0v) is 15.9. The molecule has 0 amide bonds. The van der Waals surface area contributed by atoms with Gasteiger partial charge < -0.3 is 4.57 Å². The number of nitrogens with zero attached hydrogens (tertiary/aromatic N) is 1. The van der Waals surface area contributed by atoms with Gasteiger partial charge in [-0.2, -0.15) is 0 Å². The van der Waals surface area contributed by atoms with Gasteiger partial charge in [-0.15, -0.1) is 0 Å². The number of hydrogen-bond donors (Lipinski definition) is 1. The molecule has 3 aromatic carbocycles. The molecule has 4 nitrogen and oxygen atoms in total. The Balaban J connectivity index is 1.80. The molecule has 1 heterocycles. The number of sulfonamides is 1. The van der Waals surface area contributed by atoms with Gasteiger partial charge in [-0.25, -0.2) is 21.9 Å². The van der Waals surface area contributed by atoms with Crippen LogP contribution in [0.5, 0.6) is 0 Å². The van der Waals surface area contributed by atoms with Gasteiger partial charge in [0.25, 0.3) is 0 Å². The van der Waals surface area contributed by atoms with Crippen LogP contribution >= 0.6 is 0 Å². The van der Waals surface area contributed by atoms with Crippen LogP contribution in [0.1, 0.15) is 11.1 Å². The molecule has 0 aliphatic heterocycles. The topological polar surface area (TPSA) is 51.1 Å². The highest BCUT2D eigenvalue weighted by atomic mass is 32.2. The van der Waals surface area contributed by atoms with Gasteiger partial charge in [0.05, 0.1) is 6.26 Å². The van der Waals surface area contributed by atoms with Gasteiger partial charge in [-0.05, 0) is 52.2 Å². The van der Waals surface area contributed by atoms with Crippen molar-refractivity contribution in [2.75, 3.05) is 6.26 Å². The minimum absolute atomic E-state index is 0.0654. The number of hydrogen-bond acceptors (Lipinski definition) is 2. The lowest BCUT2D eigenvalue weighted by Crippen LogP contribution is -2.21. The highest BCUT2D eigenvalue weighted by molar-refractivity contribution is 7.88. The minimum Gasteiger partial charge on any atom is -0.343 e. The van der Waals surface area contributed by atoms with Crippen LogP contribution in [0.2, 0.25) is 0 Å². The van der Waals surface area contributed by atoms with E-state index < -0.39 is 15.8 Å². The number of halogens is 2. The molecule has 0 aliphatic carbocycles. The van der Waals surface area contributed by atoms with E-state index in [0.717, 1.165) is 28.1 Å². The Labute approximate surface area is 161 Å². The largest absolute Gasteiger partial charge is 0.343 e. The van der Waals surface area contributed by atoms with Crippen molar-refractivity contribution in [2.45, 2.75) is 13.1 Å². The van der Waals surface area contributed by atoms with Gasteiger partial charge in [-0.1, -0.05) is 24.3 Å². The third-order valence-electron chi connectivity index (χ3n) is 4.73. The molecule has 7 heteroatoms. The fraction of sp³-hybridized carbons (Fsp3) is 0.143. The lowest BCUT2D eigenvalue weighted by Gasteiger charge is -2.09. The van der Waals surface area contributed by atoms with Crippen molar-refractivity contribution >= 4 is 31.7 Å². The quantitative estimate of drug-likeness (QED) is 0.547. The van der Waals surface area contributed by atoms with E-state index in [1.807, 2.05) is 22.8 Å². The van der Waals surface area contributed by atoms with Crippen molar-refractivity contribution in [3.8, 4) is 0 Å². The highest BCUT2D eigenvalue weighted by Crippen LogP contribution is 2.26. The number of fused-ring (bicyclic) bond motifs is 2. The third-order valence-corrected chi connectivity index (χ3v) is 5.39. The molecule has 1 N–H and O–H groups in total. The van der Waals surface area contributed by atoms with Gasteiger partial charge in [-0.3, -0.25) is 0 Å². The van der Waals surface area contributed by atoms with Gasteiger partial charge in [0, 0.05) is 30.2 Å². The highest BCUT2D eigenvalue weighted by Gasteiger charge is 2.13. The summed E-state index contributed by atoms with van der Waals surface area (Å²) in [5, 5.41) is 2.38. The lowest BCUT2D eigenvalue weighted by molar-refractivity contribution is 0.587. The molecule has 0 fully saturated rings. The molecule has 0 aliphatic rings. The maximum Gasteiger partial charge on any atom is 0.209 e. The summed E-state index contributed by atoms with van der Waals surface area (Å²) in [4.78, 5) is 0. The van der Waals surface area contributed by atoms with Gasteiger partial charge in [0.2, 0.25) is 10.0 Å². The number of aromatic nitrogens is 1. The summed E-state index contributed by atoms with van der Waals surface area (Å²) in [7, 11) is -3.38. The van der Waals surface area contributed by atoms with Crippen molar-refractivity contribution in [3.63, 3.8) is 0 Å². The van der Waals surface area contributed by atoms with Crippen LogP contribution in [-0.2, 0) is 23.1 Å². The average Bonchev–Trinajstić information content (AvgIpc) is 2.97. The van der Waals surface area contributed by atoms with Crippen LogP contribution in [0.25, 0.3) is 21.7 Å². The van der Waals surface area contributed by atoms with E-state index in [9.17, 15) is 17.2 Å². The molecule has 144 valence electrons. The zero-order valence-electron chi connectivity index (χ0n) is 15.1. The standard InChI is InChI=1S/C21H18F2N2O2S/c1-28(26,27)24-11-16-13-25(21-8-7-18(23)10-20(16)21)12-15-4-2-3-14-5-6-17(22)9-19(14)15/h2-10,13,24H,11-12H2,1H3. The first-order valence-corrected chi connectivity index (χ1v) is 10.6. The van der Waals surface area contributed by atoms with Crippen LogP contribution in [0, 0.1) is 11.6 Å². The van der Waals surface area contributed by atoms with Crippen LogP contribution < -0.4 is 4.72 Å². The molecule has 28 heavy (non-hydrogen) atoms. The normalized spacial score (nSPS) is 12.1. The van der Waals surface area contributed by atoms with Crippen molar-refractivity contribution in [2.24, 2.45) is 0 Å². The van der Waals surface area contributed by atoms with Crippen LogP contribution in [-0.4, -0.2) is 19.2 Å². The smallest absolute Gasteiger partial charge is 0.209 e. The first kappa shape index (κ1) is 18.6. The molecular formula is C21H18F2N2O2S. The fourth-order valence-electron chi connectivity index (χ4n) is 3.45. The molecule has 1 aromatic heterocycles. The van der Waals surface area contributed by atoms with E-state index >= 15 is 0 Å². The van der Waals surface area contributed by atoms with Crippen LogP contribution in [0.3, 0.4) is 0 Å². The van der Waals surface area contributed by atoms with Gasteiger partial charge in [0.1, 0.15) is 11.6 Å². The van der Waals surface area contributed by atoms with Crippen molar-refractivity contribution in [3.05, 3.63) is 83.6 Å². The number of rotatable bonds is 5. The molecule has 0 saturated carbocycles. The molecule has 0 bridgehead atoms. The maximum atomic E-state index is 13.8. The summed E-state index contributed by atoms with van der Waals surface area (Å²) in [6.45, 7) is 0.512. The molecule has 0 radical (unpaired) electrons. The molecule has 0 saturated heterocycles. The molecule has 4 rings (SSSR count). The summed E-state index contributed by atoms with van der Waals surface area (Å²) in [6.07, 6.45) is 2.89. The second-order valence-corrected chi connectivity index (χ2v) is 8.65. The summed E-state index contributed by atoms with van der Waals surface area (Å²) in [6, 6.07) is 14.8. The van der Waals surface area contributed by atoms with E-state index in [2.05, 4.69) is 4.72 Å². The van der Waals surface area contributed by atoms with Crippen LogP contribution in [0.15, 0.2) is 60.8 Å². The Morgan fingerprint density at radius 1 is 0.929 bits per heavy atom. The first-order chi connectivity index (χ1) is 13.3. The van der Waals surface area contributed by atoms with E-state index in [4.69, 9.17) is 0 Å². The number of benzene rings is 3. The summed E-state index contributed by atoms with van der Waals surface area (Å²) >= 11 is 0. The van der Waals surface area contributed by atoms with Crippen molar-refractivity contribution in [1.29, 1.82) is 0 Å². The van der Waals surface area contributed by atoms with E-state index in [1.165, 1.54) is 24.3 Å². The predicted octanol–water partition coefficient (Wildman–Crippen LogP) is 4.17.